The van der Waals surface area contributed by atoms with Crippen LogP contribution in [0.5, 0.6) is 0 Å². The Morgan fingerprint density at radius 1 is 0.933 bits per heavy atom. The zero-order valence-corrected chi connectivity index (χ0v) is 11.1. The third-order valence-electron chi connectivity index (χ3n) is 2.84. The van der Waals surface area contributed by atoms with Crippen molar-refractivity contribution in [3.8, 4) is 0 Å². The van der Waals surface area contributed by atoms with Crippen molar-refractivity contribution < 1.29 is 0 Å². The van der Waals surface area contributed by atoms with Gasteiger partial charge in [-0.25, -0.2) is 0 Å². The Balaban J connectivity index is 2.95. The van der Waals surface area contributed by atoms with E-state index in [2.05, 4.69) is 13.5 Å². The highest BCUT2D eigenvalue weighted by Gasteiger charge is 1.97. The molecule has 1 heteroatoms. The fourth-order valence-corrected chi connectivity index (χ4v) is 1.92. The van der Waals surface area contributed by atoms with Gasteiger partial charge in [0, 0.05) is 0 Å². The Bertz CT molecular complexity index is 131. The molecule has 0 radical (unpaired) electrons. The third-order valence-corrected chi connectivity index (χ3v) is 3.24. The molecule has 0 saturated heterocycles. The van der Waals surface area contributed by atoms with Crippen LogP contribution in [0.2, 0.25) is 0 Å². The van der Waals surface area contributed by atoms with Crippen LogP contribution in [-0.4, -0.2) is 5.38 Å². The highest BCUT2D eigenvalue weighted by molar-refractivity contribution is 6.21. The Morgan fingerprint density at radius 2 is 1.40 bits per heavy atom. The topological polar surface area (TPSA) is 0 Å². The molecule has 0 saturated carbocycles. The molecular weight excluding hydrogens is 204 g/mol. The van der Waals surface area contributed by atoms with Gasteiger partial charge in [-0.3, -0.25) is 0 Å². The fourth-order valence-electron chi connectivity index (χ4n) is 1.77. The van der Waals surface area contributed by atoms with Crippen LogP contribution in [0.3, 0.4) is 0 Å². The van der Waals surface area contributed by atoms with E-state index in [1.54, 1.807) is 0 Å². The maximum absolute atomic E-state index is 5.94. The van der Waals surface area contributed by atoms with Crippen molar-refractivity contribution in [3.05, 3.63) is 12.7 Å². The predicted octanol–water partition coefficient (Wildman–Crippen LogP) is 5.70. The lowest BCUT2D eigenvalue weighted by Crippen LogP contribution is -1.92. The molecule has 0 aliphatic heterocycles. The van der Waals surface area contributed by atoms with Crippen LogP contribution in [0.25, 0.3) is 0 Å². The van der Waals surface area contributed by atoms with Gasteiger partial charge in [0.15, 0.2) is 0 Å². The van der Waals surface area contributed by atoms with E-state index in [1.165, 1.54) is 57.8 Å². The SMILES string of the molecule is C=CC(Cl)CCCCCCCCCCC. The maximum atomic E-state index is 5.94. The molecule has 90 valence electrons. The Labute approximate surface area is 101 Å². The molecule has 1 unspecified atom stereocenters. The van der Waals surface area contributed by atoms with E-state index in [1.807, 2.05) is 6.08 Å². The summed E-state index contributed by atoms with van der Waals surface area (Å²) in [5.74, 6) is 0. The molecule has 0 N–H and O–H groups in total. The summed E-state index contributed by atoms with van der Waals surface area (Å²) in [4.78, 5) is 0. The monoisotopic (exact) mass is 230 g/mol. The lowest BCUT2D eigenvalue weighted by molar-refractivity contribution is 0.558. The molecule has 0 aliphatic carbocycles. The van der Waals surface area contributed by atoms with Gasteiger partial charge in [-0.05, 0) is 6.42 Å². The smallest absolute Gasteiger partial charge is 0.0513 e. The van der Waals surface area contributed by atoms with E-state index < -0.39 is 0 Å². The first kappa shape index (κ1) is 15.0. The van der Waals surface area contributed by atoms with Crippen LogP contribution in [0, 0.1) is 0 Å². The van der Waals surface area contributed by atoms with Gasteiger partial charge in [0.25, 0.3) is 0 Å². The van der Waals surface area contributed by atoms with E-state index in [-0.39, 0.29) is 5.38 Å². The molecule has 0 aliphatic rings. The Kier molecular flexibility index (Phi) is 12.1. The normalized spacial score (nSPS) is 12.7. The number of rotatable bonds is 11. The summed E-state index contributed by atoms with van der Waals surface area (Å²) in [6.45, 7) is 5.95. The molecule has 0 nitrogen and oxygen atoms in total. The average molecular weight is 231 g/mol. The molecule has 0 aromatic rings. The molecule has 15 heavy (non-hydrogen) atoms. The van der Waals surface area contributed by atoms with Gasteiger partial charge in [-0.15, -0.1) is 18.2 Å². The summed E-state index contributed by atoms with van der Waals surface area (Å²) < 4.78 is 0. The number of hydrogen-bond donors (Lipinski definition) is 0. The van der Waals surface area contributed by atoms with Crippen LogP contribution in [-0.2, 0) is 0 Å². The lowest BCUT2D eigenvalue weighted by atomic mass is 10.1. The van der Waals surface area contributed by atoms with E-state index in [4.69, 9.17) is 11.6 Å². The first-order valence-corrected chi connectivity index (χ1v) is 7.01. The number of halogens is 1. The highest BCUT2D eigenvalue weighted by Crippen LogP contribution is 2.13. The summed E-state index contributed by atoms with van der Waals surface area (Å²) in [5.41, 5.74) is 0. The molecule has 0 heterocycles. The molecule has 0 spiro atoms. The first-order chi connectivity index (χ1) is 7.31. The van der Waals surface area contributed by atoms with Crippen LogP contribution < -0.4 is 0 Å². The second-order valence-corrected chi connectivity index (χ2v) is 4.93. The van der Waals surface area contributed by atoms with Gasteiger partial charge >= 0.3 is 0 Å². The average Bonchev–Trinajstić information content (AvgIpc) is 2.26. The molecule has 0 bridgehead atoms. The van der Waals surface area contributed by atoms with Crippen LogP contribution in [0.15, 0.2) is 12.7 Å². The first-order valence-electron chi connectivity index (χ1n) is 6.58. The minimum Gasteiger partial charge on any atom is -0.118 e. The van der Waals surface area contributed by atoms with Crippen molar-refractivity contribution in [2.75, 3.05) is 0 Å². The fraction of sp³-hybridized carbons (Fsp3) is 0.857. The van der Waals surface area contributed by atoms with E-state index in [0.29, 0.717) is 0 Å². The zero-order valence-electron chi connectivity index (χ0n) is 10.3. The molecular formula is C14H27Cl. The largest absolute Gasteiger partial charge is 0.118 e. The van der Waals surface area contributed by atoms with Gasteiger partial charge in [0.2, 0.25) is 0 Å². The second-order valence-electron chi connectivity index (χ2n) is 4.37. The van der Waals surface area contributed by atoms with Crippen LogP contribution in [0.1, 0.15) is 71.1 Å². The van der Waals surface area contributed by atoms with Crippen molar-refractivity contribution in [3.63, 3.8) is 0 Å². The van der Waals surface area contributed by atoms with Crippen molar-refractivity contribution in [2.45, 2.75) is 76.5 Å². The van der Waals surface area contributed by atoms with Crippen molar-refractivity contribution in [2.24, 2.45) is 0 Å². The van der Waals surface area contributed by atoms with Crippen molar-refractivity contribution in [1.29, 1.82) is 0 Å². The summed E-state index contributed by atoms with van der Waals surface area (Å²) in [6, 6.07) is 0. The zero-order chi connectivity index (χ0) is 11.4. The number of hydrogen-bond acceptors (Lipinski definition) is 0. The molecule has 0 aromatic heterocycles. The van der Waals surface area contributed by atoms with Crippen molar-refractivity contribution >= 4 is 11.6 Å². The Hall–Kier alpha value is 0.0300. The molecule has 0 aromatic carbocycles. The summed E-state index contributed by atoms with van der Waals surface area (Å²) >= 11 is 5.94. The van der Waals surface area contributed by atoms with Gasteiger partial charge in [0.1, 0.15) is 0 Å². The quantitative estimate of drug-likeness (QED) is 0.243. The number of alkyl halides is 1. The number of unbranched alkanes of at least 4 members (excludes halogenated alkanes) is 8. The van der Waals surface area contributed by atoms with Gasteiger partial charge in [-0.1, -0.05) is 70.8 Å². The van der Waals surface area contributed by atoms with Gasteiger partial charge in [-0.2, -0.15) is 0 Å². The summed E-state index contributed by atoms with van der Waals surface area (Å²) in [6.07, 6.45) is 15.4. The minimum absolute atomic E-state index is 0.189. The molecule has 1 atom stereocenters. The summed E-state index contributed by atoms with van der Waals surface area (Å²) in [5, 5.41) is 0.189. The third kappa shape index (κ3) is 12.0. The molecule has 0 amide bonds. The molecule has 0 fully saturated rings. The van der Waals surface area contributed by atoms with Crippen molar-refractivity contribution in [1.82, 2.24) is 0 Å². The maximum Gasteiger partial charge on any atom is 0.0513 e. The Morgan fingerprint density at radius 3 is 1.87 bits per heavy atom. The minimum atomic E-state index is 0.189. The van der Waals surface area contributed by atoms with E-state index in [0.717, 1.165) is 6.42 Å². The summed E-state index contributed by atoms with van der Waals surface area (Å²) in [7, 11) is 0. The second kappa shape index (κ2) is 12.1. The lowest BCUT2D eigenvalue weighted by Gasteiger charge is -2.03. The standard InChI is InChI=1S/C14H27Cl/c1-3-5-6-7-8-9-10-11-12-13-14(15)4-2/h4,14H,2-3,5-13H2,1H3. The highest BCUT2D eigenvalue weighted by atomic mass is 35.5. The molecule has 0 rings (SSSR count). The van der Waals surface area contributed by atoms with E-state index >= 15 is 0 Å². The van der Waals surface area contributed by atoms with E-state index in [9.17, 15) is 0 Å². The van der Waals surface area contributed by atoms with Crippen LogP contribution >= 0.6 is 11.6 Å². The van der Waals surface area contributed by atoms with Gasteiger partial charge < -0.3 is 0 Å². The van der Waals surface area contributed by atoms with Crippen LogP contribution in [0.4, 0.5) is 0 Å². The predicted molar refractivity (Wildman–Crippen MR) is 71.7 cm³/mol. The number of allylic oxidation sites excluding steroid dienone is 1. The van der Waals surface area contributed by atoms with Gasteiger partial charge in [0.05, 0.1) is 5.38 Å².